The maximum absolute atomic E-state index is 12.7. The highest BCUT2D eigenvalue weighted by atomic mass is 16.3. The van der Waals surface area contributed by atoms with E-state index in [4.69, 9.17) is 0 Å². The molecule has 0 spiro atoms. The van der Waals surface area contributed by atoms with Gasteiger partial charge in [0.2, 0.25) is 0 Å². The van der Waals surface area contributed by atoms with E-state index < -0.39 is 12.1 Å². The smallest absolute Gasteiger partial charge is 0.322 e. The van der Waals surface area contributed by atoms with Crippen molar-refractivity contribution in [2.45, 2.75) is 31.7 Å². The minimum Gasteiger partial charge on any atom is -0.390 e. The maximum Gasteiger partial charge on any atom is 0.322 e. The molecule has 0 aromatic heterocycles. The Morgan fingerprint density at radius 1 is 0.839 bits per heavy atom. The molecule has 6 heteroatoms. The fraction of sp³-hybridized carbons (Fsp3) is 0.200. The molecule has 0 saturated carbocycles. The third-order valence-electron chi connectivity index (χ3n) is 6.02. The molecule has 0 saturated heterocycles. The molecule has 31 heavy (non-hydrogen) atoms. The lowest BCUT2D eigenvalue weighted by atomic mass is 10.1. The van der Waals surface area contributed by atoms with Crippen molar-refractivity contribution in [2.75, 3.05) is 5.32 Å². The minimum atomic E-state index is -0.635. The number of nitrogens with one attached hydrogen (secondary N) is 2. The first-order valence-electron chi connectivity index (χ1n) is 10.4. The molecule has 5 rings (SSSR count). The summed E-state index contributed by atoms with van der Waals surface area (Å²) in [7, 11) is 0. The molecule has 6 nitrogen and oxygen atoms in total. The summed E-state index contributed by atoms with van der Waals surface area (Å²) in [4.78, 5) is 27.1. The van der Waals surface area contributed by atoms with Crippen molar-refractivity contribution >= 4 is 17.6 Å². The van der Waals surface area contributed by atoms with Crippen LogP contribution in [0.15, 0.2) is 72.8 Å². The molecule has 156 valence electrons. The zero-order chi connectivity index (χ0) is 21.4. The second-order valence-corrected chi connectivity index (χ2v) is 8.05. The molecule has 1 aliphatic heterocycles. The number of nitrogens with zero attached hydrogens (tertiary/aromatic N) is 1. The predicted octanol–water partition coefficient (Wildman–Crippen LogP) is 3.62. The van der Waals surface area contributed by atoms with E-state index in [-0.39, 0.29) is 11.9 Å². The van der Waals surface area contributed by atoms with Crippen molar-refractivity contribution < 1.29 is 14.7 Å². The zero-order valence-electron chi connectivity index (χ0n) is 16.9. The van der Waals surface area contributed by atoms with Crippen LogP contribution in [0.3, 0.4) is 0 Å². The summed E-state index contributed by atoms with van der Waals surface area (Å²) in [6.45, 7) is 1.18. The van der Waals surface area contributed by atoms with Crippen LogP contribution < -0.4 is 10.6 Å². The topological polar surface area (TPSA) is 81.7 Å². The van der Waals surface area contributed by atoms with Crippen LogP contribution in [0.5, 0.6) is 0 Å². The highest BCUT2D eigenvalue weighted by Crippen LogP contribution is 2.31. The minimum absolute atomic E-state index is 0.168. The fourth-order valence-electron chi connectivity index (χ4n) is 4.36. The van der Waals surface area contributed by atoms with Crippen LogP contribution >= 0.6 is 0 Å². The monoisotopic (exact) mass is 413 g/mol. The molecule has 3 N–H and O–H groups in total. The standard InChI is InChI=1S/C25H23N3O3/c29-22-13-17-5-3-4-8-21(17)23(22)27-24(30)16-9-11-20(12-10-16)26-25(31)28-14-18-6-1-2-7-19(18)15-28/h1-12,22-23,29H,13-15H2,(H,26,31)(H,27,30)/t22-,23-/m0/s1. The molecule has 1 aliphatic carbocycles. The number of carbonyl (C=O) groups is 2. The average molecular weight is 413 g/mol. The average Bonchev–Trinajstić information content (AvgIpc) is 3.35. The second-order valence-electron chi connectivity index (χ2n) is 8.05. The molecule has 0 unspecified atom stereocenters. The zero-order valence-corrected chi connectivity index (χ0v) is 16.9. The molecule has 2 atom stereocenters. The fourth-order valence-corrected chi connectivity index (χ4v) is 4.36. The van der Waals surface area contributed by atoms with Crippen molar-refractivity contribution in [1.82, 2.24) is 10.2 Å². The van der Waals surface area contributed by atoms with Crippen LogP contribution in [0.25, 0.3) is 0 Å². The van der Waals surface area contributed by atoms with Crippen LogP contribution in [0, 0.1) is 0 Å². The van der Waals surface area contributed by atoms with E-state index in [0.29, 0.717) is 30.8 Å². The molecule has 3 aromatic rings. The van der Waals surface area contributed by atoms with Gasteiger partial charge in [0.15, 0.2) is 0 Å². The quantitative estimate of drug-likeness (QED) is 0.613. The number of benzene rings is 3. The number of amides is 3. The molecular formula is C25H23N3O3. The molecule has 3 amide bonds. The summed E-state index contributed by atoms with van der Waals surface area (Å²) in [5.41, 5.74) is 5.45. The largest absolute Gasteiger partial charge is 0.390 e. The summed E-state index contributed by atoms with van der Waals surface area (Å²) in [6.07, 6.45) is -0.101. The van der Waals surface area contributed by atoms with E-state index in [0.717, 1.165) is 11.1 Å². The molecule has 2 aliphatic rings. The second kappa shape index (κ2) is 7.89. The first-order valence-corrected chi connectivity index (χ1v) is 10.4. The third kappa shape index (κ3) is 3.78. The van der Waals surface area contributed by atoms with Crippen LogP contribution in [-0.2, 0) is 19.5 Å². The van der Waals surface area contributed by atoms with Gasteiger partial charge in [-0.1, -0.05) is 48.5 Å². The van der Waals surface area contributed by atoms with E-state index in [9.17, 15) is 14.7 Å². The van der Waals surface area contributed by atoms with E-state index in [1.165, 1.54) is 11.1 Å². The number of hydrogen-bond donors (Lipinski definition) is 3. The van der Waals surface area contributed by atoms with Gasteiger partial charge >= 0.3 is 6.03 Å². The molecule has 0 fully saturated rings. The van der Waals surface area contributed by atoms with E-state index in [1.807, 2.05) is 48.5 Å². The number of carbonyl (C=O) groups excluding carboxylic acids is 2. The molecule has 3 aromatic carbocycles. The van der Waals surface area contributed by atoms with Gasteiger partial charge in [-0.25, -0.2) is 4.79 Å². The van der Waals surface area contributed by atoms with Gasteiger partial charge in [-0.3, -0.25) is 4.79 Å². The van der Waals surface area contributed by atoms with Crippen molar-refractivity contribution in [3.8, 4) is 0 Å². The van der Waals surface area contributed by atoms with Crippen LogP contribution in [0.2, 0.25) is 0 Å². The highest BCUT2D eigenvalue weighted by Gasteiger charge is 2.32. The molecule has 1 heterocycles. The highest BCUT2D eigenvalue weighted by molar-refractivity contribution is 5.96. The Bertz CT molecular complexity index is 1120. The number of hydrogen-bond acceptors (Lipinski definition) is 3. The Kier molecular flexibility index (Phi) is 4.92. The number of rotatable bonds is 3. The van der Waals surface area contributed by atoms with Gasteiger partial charge in [0.05, 0.1) is 12.1 Å². The summed E-state index contributed by atoms with van der Waals surface area (Å²) >= 11 is 0. The van der Waals surface area contributed by atoms with Crippen LogP contribution in [0.4, 0.5) is 10.5 Å². The first kappa shape index (κ1) is 19.3. The van der Waals surface area contributed by atoms with Crippen molar-refractivity contribution in [2.24, 2.45) is 0 Å². The maximum atomic E-state index is 12.7. The third-order valence-corrected chi connectivity index (χ3v) is 6.02. The van der Waals surface area contributed by atoms with Crippen LogP contribution in [0.1, 0.15) is 38.7 Å². The first-order chi connectivity index (χ1) is 15.1. The molecule has 0 bridgehead atoms. The number of aliphatic hydroxyl groups excluding tert-OH is 1. The van der Waals surface area contributed by atoms with Gasteiger partial charge in [-0.2, -0.15) is 0 Å². The number of fused-ring (bicyclic) bond motifs is 2. The lowest BCUT2D eigenvalue weighted by molar-refractivity contribution is 0.0858. The number of anilines is 1. The predicted molar refractivity (Wildman–Crippen MR) is 118 cm³/mol. The Hall–Kier alpha value is -3.64. The van der Waals surface area contributed by atoms with E-state index >= 15 is 0 Å². The molecule has 0 radical (unpaired) electrons. The Morgan fingerprint density at radius 2 is 1.45 bits per heavy atom. The van der Waals surface area contributed by atoms with Crippen molar-refractivity contribution in [1.29, 1.82) is 0 Å². The Morgan fingerprint density at radius 3 is 2.13 bits per heavy atom. The molecular weight excluding hydrogens is 390 g/mol. The Balaban J connectivity index is 1.21. The number of urea groups is 1. The van der Waals surface area contributed by atoms with Gasteiger partial charge in [-0.15, -0.1) is 0 Å². The van der Waals surface area contributed by atoms with Gasteiger partial charge in [-0.05, 0) is 46.5 Å². The Labute approximate surface area is 180 Å². The lowest BCUT2D eigenvalue weighted by Gasteiger charge is -2.18. The lowest BCUT2D eigenvalue weighted by Crippen LogP contribution is -2.33. The normalized spacial score (nSPS) is 18.9. The van der Waals surface area contributed by atoms with Gasteiger partial charge in [0.1, 0.15) is 0 Å². The van der Waals surface area contributed by atoms with E-state index in [1.54, 1.807) is 29.2 Å². The van der Waals surface area contributed by atoms with Gasteiger partial charge in [0.25, 0.3) is 5.91 Å². The summed E-state index contributed by atoms with van der Waals surface area (Å²) in [6, 6.07) is 22.0. The van der Waals surface area contributed by atoms with Crippen molar-refractivity contribution in [3.05, 3.63) is 101 Å². The summed E-state index contributed by atoms with van der Waals surface area (Å²) in [5, 5.41) is 16.2. The van der Waals surface area contributed by atoms with Crippen LogP contribution in [-0.4, -0.2) is 28.0 Å². The summed E-state index contributed by atoms with van der Waals surface area (Å²) in [5.74, 6) is -0.256. The van der Waals surface area contributed by atoms with Crippen molar-refractivity contribution in [3.63, 3.8) is 0 Å². The summed E-state index contributed by atoms with van der Waals surface area (Å²) < 4.78 is 0. The van der Waals surface area contributed by atoms with E-state index in [2.05, 4.69) is 10.6 Å². The number of aliphatic hydroxyl groups is 1. The van der Waals surface area contributed by atoms with Gasteiger partial charge < -0.3 is 20.6 Å². The van der Waals surface area contributed by atoms with Gasteiger partial charge in [0, 0.05) is 30.8 Å². The SMILES string of the molecule is O=C(N[C@H]1c2ccccc2C[C@@H]1O)c1ccc(NC(=O)N2Cc3ccccc3C2)cc1.